The maximum absolute atomic E-state index is 14.1. The van der Waals surface area contributed by atoms with Gasteiger partial charge in [-0.25, -0.2) is 0 Å². The number of ketones is 1. The second-order valence-electron chi connectivity index (χ2n) is 18.1. The van der Waals surface area contributed by atoms with Crippen LogP contribution in [0.5, 0.6) is 23.0 Å². The van der Waals surface area contributed by atoms with E-state index in [4.69, 9.17) is 18.9 Å². The van der Waals surface area contributed by atoms with E-state index in [0.29, 0.717) is 76.1 Å². The quantitative estimate of drug-likeness (QED) is 0.0515. The van der Waals surface area contributed by atoms with E-state index in [1.807, 2.05) is 79.4 Å². The molecule has 0 radical (unpaired) electrons. The number of carbonyl (C=O) groups is 4. The van der Waals surface area contributed by atoms with Gasteiger partial charge >= 0.3 is 0 Å². The first-order chi connectivity index (χ1) is 32.8. The summed E-state index contributed by atoms with van der Waals surface area (Å²) in [6.45, 7) is 6.32. The Labute approximate surface area is 403 Å². The summed E-state index contributed by atoms with van der Waals surface area (Å²) in [6, 6.07) is 27.6. The standard InChI is InChI=1S/C52H55N5O9S2/c1-30(58)11-10-16-67-68-52(2,3)26-48(59)54-35-18-31(28-65-46-24-39-37(22-44(46)63-4)50(61)56-36(27-53-39)20-33-12-6-8-14-41(33)56)17-32(19-35)29-66-47-25-40-38(23-45(47)64-5)51(62)57-42-15-9-7-13-34(42)21-43(57)49(60)55-40/h6-9,12-15,17-19,22-25,36,43,49,53,55,60H,10-11,16,20-21,26-29H2,1-5H3,(H,54,59)/t36-,43-,49?/m0/s1. The summed E-state index contributed by atoms with van der Waals surface area (Å²) in [6.07, 6.45) is 1.78. The van der Waals surface area contributed by atoms with Crippen molar-refractivity contribution < 1.29 is 43.2 Å². The molecule has 4 aliphatic rings. The monoisotopic (exact) mass is 957 g/mol. The summed E-state index contributed by atoms with van der Waals surface area (Å²) in [5.41, 5.74) is 7.67. The largest absolute Gasteiger partial charge is 0.493 e. The zero-order chi connectivity index (χ0) is 47.7. The van der Waals surface area contributed by atoms with Crippen LogP contribution in [0.4, 0.5) is 28.4 Å². The number of rotatable bonds is 17. The van der Waals surface area contributed by atoms with Crippen molar-refractivity contribution in [2.24, 2.45) is 0 Å². The molecule has 5 aromatic carbocycles. The first-order valence-corrected chi connectivity index (χ1v) is 25.0. The van der Waals surface area contributed by atoms with Crippen molar-refractivity contribution >= 4 is 73.5 Å². The Kier molecular flexibility index (Phi) is 13.5. The number of nitrogens with one attached hydrogen (secondary N) is 3. The van der Waals surface area contributed by atoms with Gasteiger partial charge in [0.15, 0.2) is 23.0 Å². The van der Waals surface area contributed by atoms with E-state index in [-0.39, 0.29) is 49.2 Å². The molecule has 4 heterocycles. The molecular formula is C52H55N5O9S2. The van der Waals surface area contributed by atoms with E-state index in [2.05, 4.69) is 22.0 Å². The van der Waals surface area contributed by atoms with Gasteiger partial charge in [-0.2, -0.15) is 0 Å². The highest BCUT2D eigenvalue weighted by Gasteiger charge is 2.42. The Hall–Kier alpha value is -6.36. The van der Waals surface area contributed by atoms with E-state index >= 15 is 0 Å². The highest BCUT2D eigenvalue weighted by Crippen LogP contribution is 2.44. The molecule has 0 aromatic heterocycles. The summed E-state index contributed by atoms with van der Waals surface area (Å²) < 4.78 is 24.1. The normalized spacial score (nSPS) is 17.8. The lowest BCUT2D eigenvalue weighted by Gasteiger charge is -2.26. The van der Waals surface area contributed by atoms with E-state index in [1.165, 1.54) is 7.11 Å². The van der Waals surface area contributed by atoms with Crippen molar-refractivity contribution in [2.45, 2.75) is 89.1 Å². The van der Waals surface area contributed by atoms with E-state index < -0.39 is 17.0 Å². The lowest BCUT2D eigenvalue weighted by Crippen LogP contribution is -2.45. The SMILES string of the molecule is COc1cc2c(cc1OCc1cc(COc3cc4c(cc3OC)C(=O)N3c5ccccc5C[C@H]3C(O)N4)cc(NC(=O)CC(C)(C)SSCCCC(C)=O)c1)NC[C@@H]1Cc3ccccc3N1C2=O. The van der Waals surface area contributed by atoms with Crippen LogP contribution in [-0.2, 0) is 35.6 Å². The molecule has 3 atom stereocenters. The topological polar surface area (TPSA) is 168 Å². The van der Waals surface area contributed by atoms with Gasteiger partial charge in [0.25, 0.3) is 11.8 Å². The van der Waals surface area contributed by atoms with E-state index in [0.717, 1.165) is 46.7 Å². The lowest BCUT2D eigenvalue weighted by atomic mass is 10.1. The van der Waals surface area contributed by atoms with Gasteiger partial charge < -0.3 is 54.6 Å². The van der Waals surface area contributed by atoms with Crippen LogP contribution in [-0.4, -0.2) is 78.2 Å². The molecule has 3 amide bonds. The molecule has 4 aliphatic heterocycles. The Morgan fingerprint density at radius 3 is 2.01 bits per heavy atom. The summed E-state index contributed by atoms with van der Waals surface area (Å²) in [5.74, 6) is 1.94. The molecule has 5 aromatic rings. The molecule has 16 heteroatoms. The van der Waals surface area contributed by atoms with Crippen LogP contribution in [0.1, 0.15) is 83.0 Å². The third-order valence-electron chi connectivity index (χ3n) is 12.5. The predicted molar refractivity (Wildman–Crippen MR) is 268 cm³/mol. The van der Waals surface area contributed by atoms with Crippen molar-refractivity contribution in [1.29, 1.82) is 0 Å². The molecule has 0 aliphatic carbocycles. The van der Waals surface area contributed by atoms with Crippen LogP contribution < -0.4 is 44.7 Å². The van der Waals surface area contributed by atoms with Gasteiger partial charge in [0.05, 0.1) is 48.8 Å². The molecule has 0 bridgehead atoms. The fourth-order valence-electron chi connectivity index (χ4n) is 9.38. The summed E-state index contributed by atoms with van der Waals surface area (Å²) >= 11 is 0. The van der Waals surface area contributed by atoms with E-state index in [9.17, 15) is 24.3 Å². The highest BCUT2D eigenvalue weighted by atomic mass is 33.1. The molecule has 0 saturated heterocycles. The molecule has 14 nitrogen and oxygen atoms in total. The summed E-state index contributed by atoms with van der Waals surface area (Å²) in [7, 11) is 6.33. The molecule has 0 saturated carbocycles. The summed E-state index contributed by atoms with van der Waals surface area (Å²) in [4.78, 5) is 56.8. The molecule has 0 fully saturated rings. The van der Waals surface area contributed by atoms with Crippen LogP contribution in [0, 0.1) is 0 Å². The Morgan fingerprint density at radius 1 is 0.779 bits per heavy atom. The fourth-order valence-corrected chi connectivity index (χ4v) is 12.0. The van der Waals surface area contributed by atoms with Crippen molar-refractivity contribution in [1.82, 2.24) is 0 Å². The Balaban J connectivity index is 0.960. The van der Waals surface area contributed by atoms with Crippen LogP contribution in [0.2, 0.25) is 0 Å². The molecule has 68 heavy (non-hydrogen) atoms. The number of carbonyl (C=O) groups excluding carboxylic acids is 4. The summed E-state index contributed by atoms with van der Waals surface area (Å²) in [5, 5.41) is 21.1. The zero-order valence-corrected chi connectivity index (χ0v) is 40.3. The van der Waals surface area contributed by atoms with Crippen LogP contribution in [0.3, 0.4) is 0 Å². The number of anilines is 5. The van der Waals surface area contributed by atoms with Gasteiger partial charge in [0.1, 0.15) is 25.2 Å². The highest BCUT2D eigenvalue weighted by molar-refractivity contribution is 8.77. The van der Waals surface area contributed by atoms with Gasteiger partial charge in [-0.05, 0) is 105 Å². The minimum absolute atomic E-state index is 0.0334. The third-order valence-corrected chi connectivity index (χ3v) is 15.9. The number of nitrogens with zero attached hydrogens (tertiary/aromatic N) is 2. The molecular weight excluding hydrogens is 903 g/mol. The number of benzene rings is 5. The number of aliphatic hydroxyl groups is 1. The fraction of sp³-hybridized carbons (Fsp3) is 0.346. The molecule has 1 unspecified atom stereocenters. The van der Waals surface area contributed by atoms with Crippen LogP contribution >= 0.6 is 21.6 Å². The number of ether oxygens (including phenoxy) is 4. The van der Waals surface area contributed by atoms with Gasteiger partial charge in [0.2, 0.25) is 5.91 Å². The number of para-hydroxylation sites is 2. The molecule has 0 spiro atoms. The molecule has 354 valence electrons. The number of hydrogen-bond donors (Lipinski definition) is 4. The average Bonchev–Trinajstić information content (AvgIpc) is 3.83. The minimum Gasteiger partial charge on any atom is -0.493 e. The van der Waals surface area contributed by atoms with E-state index in [1.54, 1.807) is 64.8 Å². The average molecular weight is 958 g/mol. The van der Waals surface area contributed by atoms with Gasteiger partial charge in [-0.3, -0.25) is 14.4 Å². The molecule has 4 N–H and O–H groups in total. The zero-order valence-electron chi connectivity index (χ0n) is 38.7. The molecule has 9 rings (SSSR count). The van der Waals surface area contributed by atoms with Crippen molar-refractivity contribution in [3.8, 4) is 23.0 Å². The van der Waals surface area contributed by atoms with Gasteiger partial charge in [-0.15, -0.1) is 0 Å². The number of methoxy groups -OCH3 is 2. The number of aliphatic hydroxyl groups excluding tert-OH is 1. The third kappa shape index (κ3) is 9.80. The Bertz CT molecular complexity index is 2780. The van der Waals surface area contributed by atoms with Crippen molar-refractivity contribution in [3.05, 3.63) is 124 Å². The predicted octanol–water partition coefficient (Wildman–Crippen LogP) is 9.03. The number of Topliss-reactive ketones (excluding diaryl/α,β-unsaturated/α-hetero) is 1. The number of amides is 3. The maximum Gasteiger partial charge on any atom is 0.260 e. The number of hydrogen-bond acceptors (Lipinski definition) is 13. The number of fused-ring (bicyclic) bond motifs is 8. The first-order valence-electron chi connectivity index (χ1n) is 22.7. The van der Waals surface area contributed by atoms with Gasteiger partial charge in [-0.1, -0.05) is 58.0 Å². The van der Waals surface area contributed by atoms with Gasteiger partial charge in [0, 0.05) is 59.1 Å². The first kappa shape index (κ1) is 46.7. The van der Waals surface area contributed by atoms with Crippen LogP contribution in [0.25, 0.3) is 0 Å². The maximum atomic E-state index is 14.1. The minimum atomic E-state index is -1.05. The smallest absolute Gasteiger partial charge is 0.260 e. The Morgan fingerprint density at radius 2 is 1.37 bits per heavy atom. The lowest BCUT2D eigenvalue weighted by molar-refractivity contribution is -0.117. The van der Waals surface area contributed by atoms with Crippen LogP contribution in [0.15, 0.2) is 91.0 Å². The second-order valence-corrected chi connectivity index (χ2v) is 21.2. The second kappa shape index (κ2) is 19.7. The van der Waals surface area contributed by atoms with Crippen molar-refractivity contribution in [3.63, 3.8) is 0 Å². The van der Waals surface area contributed by atoms with Crippen molar-refractivity contribution in [2.75, 3.05) is 52.3 Å².